The second-order valence-electron chi connectivity index (χ2n) is 8.19. The summed E-state index contributed by atoms with van der Waals surface area (Å²) in [6.07, 6.45) is 2.81. The molecule has 0 unspecified atom stereocenters. The molecule has 192 valence electrons. The highest BCUT2D eigenvalue weighted by Gasteiger charge is 2.18. The number of hydrogen-bond acceptors (Lipinski definition) is 7. The second kappa shape index (κ2) is 13.6. The fraction of sp³-hybridized carbons (Fsp3) is 0.346. The maximum Gasteiger partial charge on any atom is 0.234 e. The first-order chi connectivity index (χ1) is 17.4. The van der Waals surface area contributed by atoms with E-state index in [9.17, 15) is 14.0 Å². The van der Waals surface area contributed by atoms with Crippen LogP contribution in [0.5, 0.6) is 5.75 Å². The summed E-state index contributed by atoms with van der Waals surface area (Å²) in [4.78, 5) is 28.9. The molecule has 1 saturated heterocycles. The smallest absolute Gasteiger partial charge is 0.234 e. The fourth-order valence-electron chi connectivity index (χ4n) is 3.78. The van der Waals surface area contributed by atoms with Crippen molar-refractivity contribution < 1.29 is 18.7 Å². The molecule has 0 spiro atoms. The number of benzene rings is 2. The lowest BCUT2D eigenvalue weighted by Gasteiger charge is -2.34. The lowest BCUT2D eigenvalue weighted by atomic mass is 10.1. The third-order valence-electron chi connectivity index (χ3n) is 5.74. The minimum absolute atomic E-state index is 0.106. The van der Waals surface area contributed by atoms with Crippen LogP contribution < -0.4 is 15.4 Å². The summed E-state index contributed by atoms with van der Waals surface area (Å²) in [5.74, 6) is 0.432. The maximum absolute atomic E-state index is 13.1. The number of carbonyl (C=O) groups excluding carboxylic acids is 2. The number of hydrogen-bond donors (Lipinski definition) is 3. The highest BCUT2D eigenvalue weighted by Crippen LogP contribution is 2.28. The van der Waals surface area contributed by atoms with Gasteiger partial charge in [0.05, 0.1) is 5.75 Å². The minimum Gasteiger partial charge on any atom is -0.492 e. The zero-order valence-corrected chi connectivity index (χ0v) is 21.4. The topological polar surface area (TPSA) is 97.8 Å². The number of allylic oxidation sites excluding steroid dienone is 1. The van der Waals surface area contributed by atoms with Crippen LogP contribution in [0.1, 0.15) is 12.5 Å². The predicted molar refractivity (Wildman–Crippen MR) is 142 cm³/mol. The Balaban J connectivity index is 1.61. The van der Waals surface area contributed by atoms with Gasteiger partial charge in [0, 0.05) is 74.8 Å². The van der Waals surface area contributed by atoms with Crippen LogP contribution in [0.2, 0.25) is 0 Å². The molecule has 3 rings (SSSR count). The molecule has 2 aromatic carbocycles. The first-order valence-corrected chi connectivity index (χ1v) is 12.7. The van der Waals surface area contributed by atoms with Gasteiger partial charge in [0.2, 0.25) is 11.8 Å². The molecule has 1 heterocycles. The summed E-state index contributed by atoms with van der Waals surface area (Å²) in [5, 5.41) is 13.5. The van der Waals surface area contributed by atoms with Gasteiger partial charge in [-0.05, 0) is 48.5 Å². The van der Waals surface area contributed by atoms with Crippen molar-refractivity contribution in [1.29, 1.82) is 5.41 Å². The molecule has 2 amide bonds. The van der Waals surface area contributed by atoms with Gasteiger partial charge in [-0.2, -0.15) is 0 Å². The van der Waals surface area contributed by atoms with Crippen molar-refractivity contribution >= 4 is 41.2 Å². The molecule has 0 aliphatic carbocycles. The van der Waals surface area contributed by atoms with Crippen molar-refractivity contribution in [2.24, 2.45) is 0 Å². The number of thioether (sulfide) groups is 1. The van der Waals surface area contributed by atoms with E-state index in [0.29, 0.717) is 23.7 Å². The lowest BCUT2D eigenvalue weighted by Crippen LogP contribution is -2.48. The number of piperazine rings is 1. The van der Waals surface area contributed by atoms with Gasteiger partial charge in [0.25, 0.3) is 0 Å². The van der Waals surface area contributed by atoms with Gasteiger partial charge in [0.1, 0.15) is 18.2 Å². The van der Waals surface area contributed by atoms with Crippen LogP contribution in [0.25, 0.3) is 5.70 Å². The predicted octanol–water partition coefficient (Wildman–Crippen LogP) is 3.31. The summed E-state index contributed by atoms with van der Waals surface area (Å²) in [6.45, 7) is 5.86. The maximum atomic E-state index is 13.1. The van der Waals surface area contributed by atoms with E-state index in [1.165, 1.54) is 30.1 Å². The molecule has 1 aliphatic rings. The number of ether oxygens (including phenoxy) is 1. The third-order valence-corrected chi connectivity index (χ3v) is 6.75. The van der Waals surface area contributed by atoms with Crippen molar-refractivity contribution in [2.75, 3.05) is 57.4 Å². The van der Waals surface area contributed by atoms with Crippen LogP contribution in [-0.4, -0.2) is 80.0 Å². The monoisotopic (exact) mass is 513 g/mol. The molecule has 0 radical (unpaired) electrons. The number of halogens is 1. The summed E-state index contributed by atoms with van der Waals surface area (Å²) in [7, 11) is 1.76. The lowest BCUT2D eigenvalue weighted by molar-refractivity contribution is -0.130. The van der Waals surface area contributed by atoms with Gasteiger partial charge in [-0.1, -0.05) is 0 Å². The average molecular weight is 514 g/mol. The van der Waals surface area contributed by atoms with Crippen molar-refractivity contribution in [3.8, 4) is 5.75 Å². The number of nitrogens with zero attached hydrogens (tertiary/aromatic N) is 2. The van der Waals surface area contributed by atoms with Crippen LogP contribution in [0.15, 0.2) is 53.4 Å². The Morgan fingerprint density at radius 1 is 1.14 bits per heavy atom. The van der Waals surface area contributed by atoms with E-state index < -0.39 is 0 Å². The molecule has 0 aromatic heterocycles. The fourth-order valence-corrected chi connectivity index (χ4v) is 4.48. The van der Waals surface area contributed by atoms with Gasteiger partial charge < -0.3 is 25.7 Å². The van der Waals surface area contributed by atoms with E-state index in [1.807, 2.05) is 11.0 Å². The quantitative estimate of drug-likeness (QED) is 0.315. The summed E-state index contributed by atoms with van der Waals surface area (Å²) in [6, 6.07) is 11.4. The van der Waals surface area contributed by atoms with E-state index in [4.69, 9.17) is 10.1 Å². The van der Waals surface area contributed by atoms with E-state index in [1.54, 1.807) is 44.3 Å². The first kappa shape index (κ1) is 27.2. The van der Waals surface area contributed by atoms with Gasteiger partial charge >= 0.3 is 0 Å². The number of amides is 2. The molecule has 36 heavy (non-hydrogen) atoms. The largest absolute Gasteiger partial charge is 0.492 e. The Bertz CT molecular complexity index is 1090. The molecule has 1 aliphatic heterocycles. The Morgan fingerprint density at radius 2 is 1.86 bits per heavy atom. The molecule has 0 atom stereocenters. The Morgan fingerprint density at radius 3 is 2.50 bits per heavy atom. The summed E-state index contributed by atoms with van der Waals surface area (Å²) < 4.78 is 19.2. The highest BCUT2D eigenvalue weighted by molar-refractivity contribution is 8.00. The van der Waals surface area contributed by atoms with E-state index in [0.717, 1.165) is 43.2 Å². The van der Waals surface area contributed by atoms with E-state index >= 15 is 0 Å². The van der Waals surface area contributed by atoms with Crippen LogP contribution in [0, 0.1) is 11.2 Å². The van der Waals surface area contributed by atoms with E-state index in [2.05, 4.69) is 15.5 Å². The summed E-state index contributed by atoms with van der Waals surface area (Å²) >= 11 is 1.33. The Labute approximate surface area is 215 Å². The molecular weight excluding hydrogens is 481 g/mol. The number of anilines is 1. The molecule has 8 nitrogen and oxygen atoms in total. The van der Waals surface area contributed by atoms with Gasteiger partial charge in [0.15, 0.2) is 0 Å². The molecule has 0 saturated carbocycles. The molecular formula is C26H32FN5O3S. The number of carbonyl (C=O) groups is 2. The van der Waals surface area contributed by atoms with Crippen LogP contribution >= 0.6 is 11.8 Å². The summed E-state index contributed by atoms with van der Waals surface area (Å²) in [5.41, 5.74) is 2.02. The molecule has 2 aromatic rings. The molecule has 1 fully saturated rings. The zero-order valence-electron chi connectivity index (χ0n) is 20.6. The Hall–Kier alpha value is -3.37. The van der Waals surface area contributed by atoms with Crippen molar-refractivity contribution in [2.45, 2.75) is 11.8 Å². The first-order valence-electron chi connectivity index (χ1n) is 11.7. The third kappa shape index (κ3) is 8.10. The van der Waals surface area contributed by atoms with Crippen molar-refractivity contribution in [3.05, 3.63) is 59.9 Å². The molecule has 10 heteroatoms. The van der Waals surface area contributed by atoms with Crippen LogP contribution in [-0.2, 0) is 9.59 Å². The second-order valence-corrected chi connectivity index (χ2v) is 9.24. The zero-order chi connectivity index (χ0) is 25.9. The average Bonchev–Trinajstić information content (AvgIpc) is 2.88. The van der Waals surface area contributed by atoms with Crippen LogP contribution in [0.3, 0.4) is 0 Å². The van der Waals surface area contributed by atoms with Crippen molar-refractivity contribution in [3.63, 3.8) is 0 Å². The van der Waals surface area contributed by atoms with Gasteiger partial charge in [-0.25, -0.2) is 4.39 Å². The molecule has 3 N–H and O–H groups in total. The standard InChI is InChI=1S/C26H32FN5O3S/c1-19(33)32-13-11-31(12-14-32)15-16-35-25-8-5-21(17-23(25)24(29-2)9-10-28)30-26(34)18-36-22-6-3-20(27)4-7-22/h3-10,17,28-29H,11-16,18H2,1-2H3,(H,30,34)/b24-9-,28-10?. The minimum atomic E-state index is -0.312. The normalized spacial score (nSPS) is 14.3. The SMILES string of the molecule is CN/C(=C\C=N)c1cc(NC(=O)CSc2ccc(F)cc2)ccc1OCCN1CCN(C(C)=O)CC1. The Kier molecular flexibility index (Phi) is 10.3. The molecule has 0 bridgehead atoms. The van der Waals surface area contributed by atoms with E-state index in [-0.39, 0.29) is 23.4 Å². The number of nitrogens with one attached hydrogen (secondary N) is 3. The van der Waals surface area contributed by atoms with Crippen LogP contribution in [0.4, 0.5) is 10.1 Å². The highest BCUT2D eigenvalue weighted by atomic mass is 32.2. The van der Waals surface area contributed by atoms with Gasteiger partial charge in [-0.3, -0.25) is 14.5 Å². The van der Waals surface area contributed by atoms with Gasteiger partial charge in [-0.15, -0.1) is 11.8 Å². The number of rotatable bonds is 11. The van der Waals surface area contributed by atoms with Crippen molar-refractivity contribution in [1.82, 2.24) is 15.1 Å².